The van der Waals surface area contributed by atoms with Gasteiger partial charge in [0.2, 0.25) is 0 Å². The van der Waals surface area contributed by atoms with Gasteiger partial charge in [0.05, 0.1) is 14.2 Å². The van der Waals surface area contributed by atoms with Crippen LogP contribution in [-0.4, -0.2) is 25.8 Å². The lowest BCUT2D eigenvalue weighted by molar-refractivity contribution is -0.131. The highest BCUT2D eigenvalue weighted by atomic mass is 16.5. The van der Waals surface area contributed by atoms with Crippen molar-refractivity contribution in [3.63, 3.8) is 0 Å². The highest BCUT2D eigenvalue weighted by molar-refractivity contribution is 6.09. The molecule has 6 rings (SSSR count). The summed E-state index contributed by atoms with van der Waals surface area (Å²) in [6, 6.07) is 11.9. The average molecular weight is 346 g/mol. The number of hydrogen-bond acceptors (Lipinski definition) is 4. The lowest BCUT2D eigenvalue weighted by atomic mass is 9.51. The Labute approximate surface area is 151 Å². The fraction of sp³-hybridized carbons (Fsp3) is 0.273. The highest BCUT2D eigenvalue weighted by Gasteiger charge is 2.56. The Bertz CT molecular complexity index is 908. The van der Waals surface area contributed by atoms with Crippen molar-refractivity contribution in [2.45, 2.75) is 11.8 Å². The monoisotopic (exact) mass is 346 g/mol. The van der Waals surface area contributed by atoms with Crippen LogP contribution < -0.4 is 9.47 Å². The van der Waals surface area contributed by atoms with Gasteiger partial charge in [-0.2, -0.15) is 0 Å². The van der Waals surface area contributed by atoms with Crippen molar-refractivity contribution in [2.75, 3.05) is 14.2 Å². The third-order valence-electron chi connectivity index (χ3n) is 6.11. The maximum absolute atomic E-state index is 12.8. The van der Waals surface area contributed by atoms with Crippen molar-refractivity contribution < 1.29 is 19.1 Å². The zero-order chi connectivity index (χ0) is 18.0. The molecule has 0 aliphatic heterocycles. The van der Waals surface area contributed by atoms with E-state index >= 15 is 0 Å². The molecule has 0 radical (unpaired) electrons. The molecular weight excluding hydrogens is 328 g/mol. The molecule has 0 aromatic heterocycles. The van der Waals surface area contributed by atoms with E-state index in [0.29, 0.717) is 0 Å². The van der Waals surface area contributed by atoms with Crippen LogP contribution in [0.3, 0.4) is 0 Å². The van der Waals surface area contributed by atoms with Gasteiger partial charge < -0.3 is 9.47 Å². The molecule has 4 aliphatic carbocycles. The summed E-state index contributed by atoms with van der Waals surface area (Å²) in [5.74, 6) is 0.467. The molecule has 4 aliphatic rings. The van der Waals surface area contributed by atoms with Gasteiger partial charge in [0, 0.05) is 34.8 Å². The molecule has 0 heterocycles. The second kappa shape index (κ2) is 5.31. The standard InChI is InChI=1S/C22H18O4/c1-25-15-7-3-5-11-17(15)19-12-6-4-8-16(26-2)18(12)20(11)22-14(24)10-9-13(23)21(19)22/h3-10,19-22H,1-2H3. The van der Waals surface area contributed by atoms with Gasteiger partial charge in [-0.1, -0.05) is 24.3 Å². The van der Waals surface area contributed by atoms with E-state index in [-0.39, 0.29) is 35.2 Å². The molecule has 130 valence electrons. The number of ketones is 2. The number of allylic oxidation sites excluding steroid dienone is 2. The van der Waals surface area contributed by atoms with Crippen LogP contribution in [0.5, 0.6) is 11.5 Å². The number of carbonyl (C=O) groups is 2. The maximum atomic E-state index is 12.8. The first-order valence-electron chi connectivity index (χ1n) is 8.76. The Kier molecular flexibility index (Phi) is 3.14. The van der Waals surface area contributed by atoms with Crippen LogP contribution in [0.4, 0.5) is 0 Å². The molecule has 0 saturated carbocycles. The fourth-order valence-electron chi connectivity index (χ4n) is 5.23. The van der Waals surface area contributed by atoms with E-state index in [9.17, 15) is 9.59 Å². The summed E-state index contributed by atoms with van der Waals surface area (Å²) in [5.41, 5.74) is 4.23. The van der Waals surface area contributed by atoms with Crippen LogP contribution >= 0.6 is 0 Å². The lowest BCUT2D eigenvalue weighted by Gasteiger charge is -2.50. The van der Waals surface area contributed by atoms with E-state index in [1.807, 2.05) is 24.3 Å². The first kappa shape index (κ1) is 15.4. The van der Waals surface area contributed by atoms with Crippen molar-refractivity contribution in [3.05, 3.63) is 70.8 Å². The minimum absolute atomic E-state index is 0.0228. The molecular formula is C22H18O4. The SMILES string of the molecule is COc1cccc2c1C1c3cccc(OC)c3C2C2C(=O)C=CC(=O)C12. The van der Waals surface area contributed by atoms with E-state index in [1.54, 1.807) is 14.2 Å². The molecule has 0 fully saturated rings. The van der Waals surface area contributed by atoms with Crippen molar-refractivity contribution in [3.8, 4) is 11.5 Å². The quantitative estimate of drug-likeness (QED) is 0.838. The third-order valence-corrected chi connectivity index (χ3v) is 6.11. The highest BCUT2D eigenvalue weighted by Crippen LogP contribution is 2.63. The van der Waals surface area contributed by atoms with Gasteiger partial charge in [-0.25, -0.2) is 0 Å². The number of ether oxygens (including phenoxy) is 2. The van der Waals surface area contributed by atoms with E-state index in [0.717, 1.165) is 33.8 Å². The Hall–Kier alpha value is -2.88. The molecule has 4 nitrogen and oxygen atoms in total. The van der Waals surface area contributed by atoms with Gasteiger partial charge in [-0.15, -0.1) is 0 Å². The summed E-state index contributed by atoms with van der Waals surface area (Å²) in [6.07, 6.45) is 2.89. The molecule has 0 amide bonds. The summed E-state index contributed by atoms with van der Waals surface area (Å²) in [4.78, 5) is 25.7. The Balaban J connectivity index is 1.89. The summed E-state index contributed by atoms with van der Waals surface area (Å²) in [6.45, 7) is 0. The zero-order valence-electron chi connectivity index (χ0n) is 14.6. The summed E-state index contributed by atoms with van der Waals surface area (Å²) < 4.78 is 11.3. The van der Waals surface area contributed by atoms with Crippen LogP contribution in [-0.2, 0) is 9.59 Å². The second-order valence-electron chi connectivity index (χ2n) is 7.07. The normalized spacial score (nSPS) is 27.6. The van der Waals surface area contributed by atoms with Crippen molar-refractivity contribution in [1.82, 2.24) is 0 Å². The molecule has 26 heavy (non-hydrogen) atoms. The van der Waals surface area contributed by atoms with Crippen LogP contribution in [0.1, 0.15) is 34.1 Å². The Morgan fingerprint density at radius 1 is 0.692 bits per heavy atom. The minimum Gasteiger partial charge on any atom is -0.496 e. The lowest BCUT2D eigenvalue weighted by Crippen LogP contribution is -2.48. The van der Waals surface area contributed by atoms with Gasteiger partial charge in [0.25, 0.3) is 0 Å². The van der Waals surface area contributed by atoms with Gasteiger partial charge in [0.1, 0.15) is 11.5 Å². The minimum atomic E-state index is -0.374. The predicted octanol–water partition coefficient (Wildman–Crippen LogP) is 3.24. The maximum Gasteiger partial charge on any atom is 0.160 e. The largest absolute Gasteiger partial charge is 0.496 e. The molecule has 2 aromatic carbocycles. The first-order valence-corrected chi connectivity index (χ1v) is 8.76. The van der Waals surface area contributed by atoms with Crippen molar-refractivity contribution >= 4 is 11.6 Å². The van der Waals surface area contributed by atoms with Crippen LogP contribution in [0, 0.1) is 11.8 Å². The smallest absolute Gasteiger partial charge is 0.160 e. The number of carbonyl (C=O) groups excluding carboxylic acids is 2. The zero-order valence-corrected chi connectivity index (χ0v) is 14.6. The third kappa shape index (κ3) is 1.74. The van der Waals surface area contributed by atoms with E-state index < -0.39 is 0 Å². The first-order chi connectivity index (χ1) is 12.7. The van der Waals surface area contributed by atoms with E-state index in [1.165, 1.54) is 12.2 Å². The topological polar surface area (TPSA) is 52.6 Å². The molecule has 4 unspecified atom stereocenters. The van der Waals surface area contributed by atoms with E-state index in [2.05, 4.69) is 12.1 Å². The van der Waals surface area contributed by atoms with Gasteiger partial charge in [-0.3, -0.25) is 9.59 Å². The van der Waals surface area contributed by atoms with E-state index in [4.69, 9.17) is 9.47 Å². The molecule has 0 N–H and O–H groups in total. The summed E-state index contributed by atoms with van der Waals surface area (Å²) in [5, 5.41) is 0. The van der Waals surface area contributed by atoms with Crippen molar-refractivity contribution in [2.24, 2.45) is 11.8 Å². The molecule has 4 heteroatoms. The molecule has 0 saturated heterocycles. The number of rotatable bonds is 2. The number of benzene rings is 2. The number of methoxy groups -OCH3 is 2. The molecule has 4 atom stereocenters. The number of hydrogen-bond donors (Lipinski definition) is 0. The molecule has 0 spiro atoms. The second-order valence-corrected chi connectivity index (χ2v) is 7.07. The predicted molar refractivity (Wildman–Crippen MR) is 95.8 cm³/mol. The van der Waals surface area contributed by atoms with Gasteiger partial charge in [0.15, 0.2) is 11.6 Å². The van der Waals surface area contributed by atoms with Gasteiger partial charge in [-0.05, 0) is 35.4 Å². The molecule has 2 bridgehead atoms. The van der Waals surface area contributed by atoms with Crippen LogP contribution in [0.2, 0.25) is 0 Å². The van der Waals surface area contributed by atoms with Crippen LogP contribution in [0.15, 0.2) is 48.6 Å². The van der Waals surface area contributed by atoms with Crippen LogP contribution in [0.25, 0.3) is 0 Å². The fourth-order valence-corrected chi connectivity index (χ4v) is 5.23. The molecule has 2 aromatic rings. The average Bonchev–Trinajstić information content (AvgIpc) is 2.69. The Morgan fingerprint density at radius 3 is 1.50 bits per heavy atom. The summed E-state index contributed by atoms with van der Waals surface area (Å²) >= 11 is 0. The van der Waals surface area contributed by atoms with Crippen molar-refractivity contribution in [1.29, 1.82) is 0 Å². The van der Waals surface area contributed by atoms with Gasteiger partial charge >= 0.3 is 0 Å². The Morgan fingerprint density at radius 2 is 1.12 bits per heavy atom. The summed E-state index contributed by atoms with van der Waals surface area (Å²) in [7, 11) is 3.30.